The van der Waals surface area contributed by atoms with Crippen molar-refractivity contribution in [2.75, 3.05) is 19.6 Å². The van der Waals surface area contributed by atoms with E-state index in [1.807, 2.05) is 60.7 Å². The molecule has 0 bridgehead atoms. The smallest absolute Gasteiger partial charge is 0.124 e. The lowest BCUT2D eigenvalue weighted by Gasteiger charge is -2.26. The Balaban J connectivity index is 0.799. The van der Waals surface area contributed by atoms with Crippen molar-refractivity contribution < 1.29 is 18.9 Å². The fourth-order valence-corrected chi connectivity index (χ4v) is 12.7. The number of para-hydroxylation sites is 4. The quantitative estimate of drug-likeness (QED) is 0.0555. The second-order valence-corrected chi connectivity index (χ2v) is 25.5. The van der Waals surface area contributed by atoms with Gasteiger partial charge in [-0.3, -0.25) is 0 Å². The van der Waals surface area contributed by atoms with Crippen LogP contribution in [0.2, 0.25) is 0 Å². The molecule has 0 atom stereocenters. The fourth-order valence-electron chi connectivity index (χ4n) is 12.7. The Morgan fingerprint density at radius 2 is 0.392 bits per heavy atom. The summed E-state index contributed by atoms with van der Waals surface area (Å²) in [5.41, 5.74) is 22.7. The Kier molecular flexibility index (Phi) is 20.6. The molecular formula is C94H78N4O4. The average Bonchev–Trinajstić information content (AvgIpc) is 0.826. The zero-order valence-electron chi connectivity index (χ0n) is 57.7. The normalized spacial score (nSPS) is 10.8. The topological polar surface area (TPSA) is 49.9 Å². The highest BCUT2D eigenvalue weighted by atomic mass is 16.5. The van der Waals surface area contributed by atoms with E-state index in [1.165, 1.54) is 22.3 Å². The number of nitrogens with zero attached hydrogens (tertiary/aromatic N) is 4. The largest absolute Gasteiger partial charge is 0.489 e. The minimum absolute atomic E-state index is 0.287. The zero-order chi connectivity index (χ0) is 69.4. The van der Waals surface area contributed by atoms with E-state index in [0.29, 0.717) is 34.1 Å². The maximum atomic E-state index is 6.83. The summed E-state index contributed by atoms with van der Waals surface area (Å²) in [7, 11) is 0. The van der Waals surface area contributed by atoms with Crippen molar-refractivity contribution in [1.82, 2.24) is 0 Å². The molecule has 8 heteroatoms. The molecule has 0 fully saturated rings. The van der Waals surface area contributed by atoms with Crippen molar-refractivity contribution in [3.8, 4) is 34.8 Å². The summed E-state index contributed by atoms with van der Waals surface area (Å²) in [5, 5.41) is 0. The molecule has 0 aromatic heterocycles. The third-order valence-corrected chi connectivity index (χ3v) is 17.5. The van der Waals surface area contributed by atoms with Crippen LogP contribution in [-0.4, -0.2) is 0 Å². The monoisotopic (exact) mass is 1330 g/mol. The summed E-state index contributed by atoms with van der Waals surface area (Å²) in [5.74, 6) is 9.50. The molecule has 0 aliphatic carbocycles. The third kappa shape index (κ3) is 16.8. The van der Waals surface area contributed by atoms with Crippen molar-refractivity contribution in [2.45, 2.75) is 54.1 Å². The molecule has 0 saturated carbocycles. The Morgan fingerprint density at radius 1 is 0.196 bits per heavy atom. The molecule has 0 aliphatic heterocycles. The van der Waals surface area contributed by atoms with Gasteiger partial charge in [0.1, 0.15) is 49.4 Å². The van der Waals surface area contributed by atoms with Gasteiger partial charge in [0.15, 0.2) is 0 Å². The predicted molar refractivity (Wildman–Crippen MR) is 420 cm³/mol. The molecule has 0 unspecified atom stereocenters. The Morgan fingerprint density at radius 3 is 0.608 bits per heavy atom. The van der Waals surface area contributed by atoms with Gasteiger partial charge in [0, 0.05) is 91.5 Å². The number of rotatable bonds is 24. The SMILES string of the molecule is Cc1cccc(N(c2ccccc2)c2cccc(COc3cc(C#Cc4cc(OCc5cccc(N(c6ccccc6)c6cccc(C)c6)c5)cc(OCc5cccc(N(c6ccccc6)c6cccc(C)c6)c5)c4)cc(OCc4cccc(N(c5ccccc5)c5cccc(C)c5)c4)c3)c2)c1. The van der Waals surface area contributed by atoms with Crippen LogP contribution < -0.4 is 38.5 Å². The van der Waals surface area contributed by atoms with Crippen LogP contribution in [0.1, 0.15) is 55.6 Å². The van der Waals surface area contributed by atoms with Crippen molar-refractivity contribution in [3.63, 3.8) is 0 Å². The molecule has 0 N–H and O–H groups in total. The fraction of sp³-hybridized carbons (Fsp3) is 0.0851. The second-order valence-electron chi connectivity index (χ2n) is 25.5. The van der Waals surface area contributed by atoms with Crippen molar-refractivity contribution >= 4 is 68.2 Å². The van der Waals surface area contributed by atoms with Crippen molar-refractivity contribution in [2.24, 2.45) is 0 Å². The highest BCUT2D eigenvalue weighted by molar-refractivity contribution is 5.81. The first-order valence-electron chi connectivity index (χ1n) is 34.5. The van der Waals surface area contributed by atoms with Crippen LogP contribution in [0.3, 0.4) is 0 Å². The zero-order valence-corrected chi connectivity index (χ0v) is 57.7. The van der Waals surface area contributed by atoms with E-state index < -0.39 is 0 Å². The van der Waals surface area contributed by atoms with E-state index in [1.54, 1.807) is 0 Å². The number of hydrogen-bond donors (Lipinski definition) is 0. The lowest BCUT2D eigenvalue weighted by atomic mass is 10.1. The van der Waals surface area contributed by atoms with Crippen LogP contribution in [0.5, 0.6) is 23.0 Å². The Hall–Kier alpha value is -13.0. The molecular weight excluding hydrogens is 1250 g/mol. The lowest BCUT2D eigenvalue weighted by Crippen LogP contribution is -2.10. The van der Waals surface area contributed by atoms with E-state index in [4.69, 9.17) is 18.9 Å². The number of ether oxygens (including phenoxy) is 4. The number of benzene rings is 14. The summed E-state index contributed by atoms with van der Waals surface area (Å²) < 4.78 is 27.3. The van der Waals surface area contributed by atoms with Crippen molar-refractivity contribution in [1.29, 1.82) is 0 Å². The van der Waals surface area contributed by atoms with Gasteiger partial charge in [0.25, 0.3) is 0 Å². The van der Waals surface area contributed by atoms with Gasteiger partial charge >= 0.3 is 0 Å². The highest BCUT2D eigenvalue weighted by Crippen LogP contribution is 2.41. The summed E-state index contributed by atoms with van der Waals surface area (Å²) >= 11 is 0. The molecule has 0 spiro atoms. The van der Waals surface area contributed by atoms with Crippen LogP contribution in [-0.2, 0) is 26.4 Å². The lowest BCUT2D eigenvalue weighted by molar-refractivity contribution is 0.289. The van der Waals surface area contributed by atoms with Gasteiger partial charge in [-0.1, -0.05) is 182 Å². The first-order valence-corrected chi connectivity index (χ1v) is 34.5. The second kappa shape index (κ2) is 31.7. The molecule has 0 saturated heterocycles. The van der Waals surface area contributed by atoms with E-state index in [-0.39, 0.29) is 26.4 Å². The Bertz CT molecular complexity index is 4590. The van der Waals surface area contributed by atoms with Gasteiger partial charge in [0.2, 0.25) is 0 Å². The number of anilines is 12. The van der Waals surface area contributed by atoms with Gasteiger partial charge in [-0.05, 0) is 242 Å². The third-order valence-electron chi connectivity index (χ3n) is 17.5. The first-order chi connectivity index (χ1) is 50.1. The standard InChI is InChI=1S/C94H78N4O4/c1-69-25-17-41-83(51-69)95(79-33-9-5-10-34-79)87-45-21-29-75(55-87)65-99-91-59-73(60-92(63-91)100-66-76-30-22-46-88(56-76)96(80-35-11-6-12-36-80)84-42-18-26-70(2)52-84)49-50-74-61-93(101-67-77-31-23-47-89(57-77)97(81-37-13-7-14-38-81)85-43-19-27-71(3)53-85)64-94(62-74)102-68-78-32-24-48-90(58-78)98(82-39-15-8-16-40-82)86-44-20-28-72(4)54-86/h5-48,51-64H,65-68H2,1-4H3. The molecule has 8 nitrogen and oxygen atoms in total. The molecule has 0 heterocycles. The minimum Gasteiger partial charge on any atom is -0.489 e. The molecule has 0 aliphatic rings. The maximum Gasteiger partial charge on any atom is 0.124 e. The molecule has 498 valence electrons. The van der Waals surface area contributed by atoms with Crippen LogP contribution >= 0.6 is 0 Å². The molecule has 102 heavy (non-hydrogen) atoms. The van der Waals surface area contributed by atoms with Crippen LogP contribution in [0.25, 0.3) is 0 Å². The minimum atomic E-state index is 0.287. The van der Waals surface area contributed by atoms with Crippen molar-refractivity contribution in [3.05, 3.63) is 407 Å². The number of aryl methyl sites for hydroxylation is 4. The number of hydrogen-bond acceptors (Lipinski definition) is 8. The Labute approximate surface area is 599 Å². The van der Waals surface area contributed by atoms with Crippen LogP contribution in [0, 0.1) is 39.5 Å². The summed E-state index contributed by atoms with van der Waals surface area (Å²) in [6.07, 6.45) is 0. The summed E-state index contributed by atoms with van der Waals surface area (Å²) in [6, 6.07) is 122. The van der Waals surface area contributed by atoms with Crippen LogP contribution in [0.4, 0.5) is 68.2 Å². The average molecular weight is 1330 g/mol. The maximum absolute atomic E-state index is 6.83. The molecule has 14 aromatic carbocycles. The molecule has 0 amide bonds. The van der Waals surface area contributed by atoms with Gasteiger partial charge in [-0.25, -0.2) is 0 Å². The van der Waals surface area contributed by atoms with E-state index in [0.717, 1.165) is 90.5 Å². The van der Waals surface area contributed by atoms with E-state index in [9.17, 15) is 0 Å². The summed E-state index contributed by atoms with van der Waals surface area (Å²) in [4.78, 5) is 9.11. The highest BCUT2D eigenvalue weighted by Gasteiger charge is 2.19. The predicted octanol–water partition coefficient (Wildman–Crippen LogP) is 24.5. The summed E-state index contributed by atoms with van der Waals surface area (Å²) in [6.45, 7) is 9.64. The van der Waals surface area contributed by atoms with Gasteiger partial charge in [-0.15, -0.1) is 0 Å². The van der Waals surface area contributed by atoms with E-state index >= 15 is 0 Å². The van der Waals surface area contributed by atoms with Crippen LogP contribution in [0.15, 0.2) is 352 Å². The molecule has 14 aromatic rings. The van der Waals surface area contributed by atoms with E-state index in [2.05, 4.69) is 350 Å². The molecule has 0 radical (unpaired) electrons. The van der Waals surface area contributed by atoms with Gasteiger partial charge < -0.3 is 38.5 Å². The van der Waals surface area contributed by atoms with Gasteiger partial charge in [-0.2, -0.15) is 0 Å². The first kappa shape index (κ1) is 66.3. The van der Waals surface area contributed by atoms with Gasteiger partial charge in [0.05, 0.1) is 0 Å². The molecule has 14 rings (SSSR count).